The average Bonchev–Trinajstić information content (AvgIpc) is 3.30. The van der Waals surface area contributed by atoms with Crippen LogP contribution in [0.4, 0.5) is 13.2 Å². The van der Waals surface area contributed by atoms with Crippen LogP contribution >= 0.6 is 23.2 Å². The summed E-state index contributed by atoms with van der Waals surface area (Å²) in [5.74, 6) is -2.32. The van der Waals surface area contributed by atoms with Crippen molar-refractivity contribution in [2.24, 2.45) is 0 Å². The maximum atomic E-state index is 15.1. The first-order valence-electron chi connectivity index (χ1n) is 10.4. The second-order valence-corrected chi connectivity index (χ2v) is 8.69. The molecular weight excluding hydrogens is 512 g/mol. The molecule has 0 aliphatic heterocycles. The van der Waals surface area contributed by atoms with E-state index in [1.54, 1.807) is 6.92 Å². The zero-order valence-corrected chi connectivity index (χ0v) is 19.8. The monoisotopic (exact) mass is 532 g/mol. The minimum atomic E-state index is -5.17. The molecule has 1 aromatic carbocycles. The maximum absolute atomic E-state index is 15.1. The van der Waals surface area contributed by atoms with Gasteiger partial charge in [0.1, 0.15) is 19.2 Å². The minimum Gasteiger partial charge on any atom is -0.480 e. The SMILES string of the molecule is CCCCC1=C(C(=O)NCC(=O)O)C=CC(n2cncn2)(C(F)(F)F)C1(O)c1ccc(Cl)cc1Cl. The van der Waals surface area contributed by atoms with Crippen molar-refractivity contribution in [3.63, 3.8) is 0 Å². The predicted molar refractivity (Wildman–Crippen MR) is 121 cm³/mol. The van der Waals surface area contributed by atoms with Gasteiger partial charge in [0.05, 0.1) is 0 Å². The summed E-state index contributed by atoms with van der Waals surface area (Å²) >= 11 is 12.3. The molecule has 1 aliphatic carbocycles. The molecule has 1 aromatic heterocycles. The zero-order valence-electron chi connectivity index (χ0n) is 18.3. The molecule has 0 radical (unpaired) electrons. The quantitative estimate of drug-likeness (QED) is 0.473. The molecule has 0 saturated heterocycles. The number of carboxylic acids is 1. The third-order valence-electron chi connectivity index (χ3n) is 5.76. The predicted octanol–water partition coefficient (Wildman–Crippen LogP) is 3.99. The first kappa shape index (κ1) is 26.7. The van der Waals surface area contributed by atoms with Crippen LogP contribution < -0.4 is 5.32 Å². The number of nitrogens with zero attached hydrogens (tertiary/aromatic N) is 3. The van der Waals surface area contributed by atoms with E-state index in [0.717, 1.165) is 24.8 Å². The van der Waals surface area contributed by atoms with E-state index < -0.39 is 35.7 Å². The number of amides is 1. The number of hydrogen-bond acceptors (Lipinski definition) is 5. The third kappa shape index (κ3) is 4.55. The molecule has 3 N–H and O–H groups in total. The number of carbonyl (C=O) groups is 2. The highest BCUT2D eigenvalue weighted by Gasteiger charge is 2.71. The van der Waals surface area contributed by atoms with Crippen LogP contribution in [0.2, 0.25) is 10.0 Å². The molecular formula is C22H21Cl2F3N4O4. The summed E-state index contributed by atoms with van der Waals surface area (Å²) < 4.78 is 45.6. The normalized spacial score (nSPS) is 22.4. The second kappa shape index (κ2) is 10.00. The van der Waals surface area contributed by atoms with E-state index in [1.807, 2.05) is 0 Å². The van der Waals surface area contributed by atoms with Gasteiger partial charge in [-0.1, -0.05) is 48.7 Å². The number of halogens is 5. The second-order valence-electron chi connectivity index (χ2n) is 7.84. The smallest absolute Gasteiger partial charge is 0.420 e. The number of aliphatic carboxylic acids is 1. The number of alkyl halides is 3. The Morgan fingerprint density at radius 2 is 1.97 bits per heavy atom. The molecule has 0 bridgehead atoms. The van der Waals surface area contributed by atoms with Crippen molar-refractivity contribution in [3.05, 3.63) is 69.8 Å². The van der Waals surface area contributed by atoms with Crippen molar-refractivity contribution < 1.29 is 33.0 Å². The Labute approximate surface area is 208 Å². The lowest BCUT2D eigenvalue weighted by molar-refractivity contribution is -0.254. The summed E-state index contributed by atoms with van der Waals surface area (Å²) in [4.78, 5) is 27.5. The van der Waals surface area contributed by atoms with Crippen LogP contribution in [0.25, 0.3) is 0 Å². The largest absolute Gasteiger partial charge is 0.480 e. The van der Waals surface area contributed by atoms with Crippen molar-refractivity contribution >= 4 is 35.1 Å². The van der Waals surface area contributed by atoms with E-state index >= 15 is 13.2 Å². The molecule has 1 heterocycles. The van der Waals surface area contributed by atoms with Gasteiger partial charge in [-0.3, -0.25) is 9.59 Å². The molecule has 0 fully saturated rings. The van der Waals surface area contributed by atoms with Crippen LogP contribution in [0.15, 0.2) is 54.2 Å². The van der Waals surface area contributed by atoms with E-state index in [0.29, 0.717) is 23.6 Å². The number of benzene rings is 1. The van der Waals surface area contributed by atoms with Crippen molar-refractivity contribution in [1.82, 2.24) is 20.1 Å². The van der Waals surface area contributed by atoms with Crippen LogP contribution in [0.3, 0.4) is 0 Å². The lowest BCUT2D eigenvalue weighted by atomic mass is 9.64. The van der Waals surface area contributed by atoms with Gasteiger partial charge < -0.3 is 15.5 Å². The molecule has 0 spiro atoms. The summed E-state index contributed by atoms with van der Waals surface area (Å²) in [5, 5.41) is 26.9. The van der Waals surface area contributed by atoms with Gasteiger partial charge in [0.15, 0.2) is 5.60 Å². The number of carbonyl (C=O) groups excluding carboxylic acids is 1. The van der Waals surface area contributed by atoms with Gasteiger partial charge in [0.25, 0.3) is 5.91 Å². The van der Waals surface area contributed by atoms with Crippen LogP contribution in [0.5, 0.6) is 0 Å². The average molecular weight is 533 g/mol. The molecule has 1 aliphatic rings. The summed E-state index contributed by atoms with van der Waals surface area (Å²) in [7, 11) is 0. The lowest BCUT2D eigenvalue weighted by Crippen LogP contribution is -2.63. The topological polar surface area (TPSA) is 117 Å². The Bertz CT molecular complexity index is 1180. The lowest BCUT2D eigenvalue weighted by Gasteiger charge is -2.50. The minimum absolute atomic E-state index is 0.116. The van der Waals surface area contributed by atoms with E-state index in [4.69, 9.17) is 28.3 Å². The number of aliphatic hydroxyl groups is 1. The third-order valence-corrected chi connectivity index (χ3v) is 6.31. The molecule has 1 amide bonds. The van der Waals surface area contributed by atoms with Crippen molar-refractivity contribution in [3.8, 4) is 0 Å². The maximum Gasteiger partial charge on any atom is 0.420 e. The Kier molecular flexibility index (Phi) is 7.63. The Morgan fingerprint density at radius 1 is 1.26 bits per heavy atom. The number of aromatic nitrogens is 3. The summed E-state index contributed by atoms with van der Waals surface area (Å²) in [6, 6.07) is 3.60. The van der Waals surface area contributed by atoms with E-state index in [-0.39, 0.29) is 33.2 Å². The van der Waals surface area contributed by atoms with E-state index in [9.17, 15) is 14.7 Å². The molecule has 13 heteroatoms. The summed E-state index contributed by atoms with van der Waals surface area (Å²) in [6.07, 6.45) is -1.28. The fraction of sp³-hybridized carbons (Fsp3) is 0.364. The van der Waals surface area contributed by atoms with E-state index in [1.165, 1.54) is 12.1 Å². The van der Waals surface area contributed by atoms with Gasteiger partial charge in [0, 0.05) is 21.2 Å². The number of rotatable bonds is 8. The van der Waals surface area contributed by atoms with Gasteiger partial charge in [-0.05, 0) is 36.6 Å². The van der Waals surface area contributed by atoms with E-state index in [2.05, 4.69) is 15.4 Å². The molecule has 0 saturated carbocycles. The highest BCUT2D eigenvalue weighted by molar-refractivity contribution is 6.35. The fourth-order valence-electron chi connectivity index (χ4n) is 4.20. The Balaban J connectivity index is 2.43. The first-order chi connectivity index (χ1) is 16.4. The molecule has 188 valence electrons. The molecule has 2 aromatic rings. The van der Waals surface area contributed by atoms with Crippen LogP contribution in [-0.2, 0) is 20.7 Å². The van der Waals surface area contributed by atoms with Crippen molar-refractivity contribution in [2.45, 2.75) is 43.5 Å². The highest BCUT2D eigenvalue weighted by atomic mass is 35.5. The molecule has 3 rings (SSSR count). The number of carboxylic acid groups (broad SMARTS) is 1. The van der Waals surface area contributed by atoms with Crippen molar-refractivity contribution in [2.75, 3.05) is 6.54 Å². The van der Waals surface area contributed by atoms with Gasteiger partial charge in [-0.25, -0.2) is 9.67 Å². The first-order valence-corrected chi connectivity index (χ1v) is 11.2. The van der Waals surface area contributed by atoms with Gasteiger partial charge in [-0.2, -0.15) is 18.3 Å². The molecule has 2 atom stereocenters. The summed E-state index contributed by atoms with van der Waals surface area (Å²) in [6.45, 7) is 1.01. The standard InChI is InChI=1S/C22H21Cl2F3N4O4/c1-2-3-4-15-14(19(34)29-10-18(32)33)7-8-20(22(25,26)27,31-12-28-11-30-31)21(15,35)16-6-5-13(23)9-17(16)24/h5-9,11-12,35H,2-4,10H2,1H3,(H,29,34)(H,32,33). The fourth-order valence-corrected chi connectivity index (χ4v) is 4.74. The summed E-state index contributed by atoms with van der Waals surface area (Å²) in [5.41, 5.74) is -7.22. The molecule has 2 unspecified atom stereocenters. The van der Waals surface area contributed by atoms with Crippen LogP contribution in [0, 0.1) is 0 Å². The molecule has 35 heavy (non-hydrogen) atoms. The molecule has 8 nitrogen and oxygen atoms in total. The number of hydrogen-bond donors (Lipinski definition) is 3. The zero-order chi connectivity index (χ0) is 26.0. The van der Waals surface area contributed by atoms with Crippen LogP contribution in [0.1, 0.15) is 31.7 Å². The highest BCUT2D eigenvalue weighted by Crippen LogP contribution is 2.58. The van der Waals surface area contributed by atoms with Gasteiger partial charge >= 0.3 is 12.1 Å². The van der Waals surface area contributed by atoms with Gasteiger partial charge in [-0.15, -0.1) is 0 Å². The van der Waals surface area contributed by atoms with Crippen LogP contribution in [-0.4, -0.2) is 49.6 Å². The number of nitrogens with one attached hydrogen (secondary N) is 1. The Morgan fingerprint density at radius 3 is 2.51 bits per heavy atom. The number of unbranched alkanes of at least 4 members (excludes halogenated alkanes) is 1. The Hall–Kier alpha value is -2.89. The van der Waals surface area contributed by atoms with Gasteiger partial charge in [0.2, 0.25) is 5.54 Å². The van der Waals surface area contributed by atoms with Crippen molar-refractivity contribution in [1.29, 1.82) is 0 Å².